The van der Waals surface area contributed by atoms with Crippen LogP contribution < -0.4 is 4.74 Å². The van der Waals surface area contributed by atoms with E-state index in [-0.39, 0.29) is 5.02 Å². The van der Waals surface area contributed by atoms with Gasteiger partial charge >= 0.3 is 0 Å². The third-order valence-electron chi connectivity index (χ3n) is 3.86. The van der Waals surface area contributed by atoms with Crippen LogP contribution in [0.2, 0.25) is 10.0 Å². The molecule has 24 heavy (non-hydrogen) atoms. The number of pyridine rings is 1. The van der Waals surface area contributed by atoms with Gasteiger partial charge in [0.25, 0.3) is 0 Å². The minimum atomic E-state index is -1.59. The molecule has 0 saturated heterocycles. The lowest BCUT2D eigenvalue weighted by atomic mass is 9.81. The summed E-state index contributed by atoms with van der Waals surface area (Å²) < 4.78 is 7.03. The highest BCUT2D eigenvalue weighted by atomic mass is 35.5. The van der Waals surface area contributed by atoms with Crippen LogP contribution in [-0.4, -0.2) is 27.0 Å². The number of nitrogens with zero attached hydrogens (tertiary/aromatic N) is 3. The van der Waals surface area contributed by atoms with E-state index < -0.39 is 5.60 Å². The van der Waals surface area contributed by atoms with Gasteiger partial charge in [-0.2, -0.15) is 5.10 Å². The summed E-state index contributed by atoms with van der Waals surface area (Å²) >= 11 is 12.7. The Morgan fingerprint density at radius 1 is 1.12 bits per heavy atom. The SMILES string of the molecule is COc1ccc(Cl)c(Cl)c1C(O)(c1ccncc1)c1cnn(C)c1. The smallest absolute Gasteiger partial charge is 0.148 e. The summed E-state index contributed by atoms with van der Waals surface area (Å²) in [5.74, 6) is 0.424. The highest BCUT2D eigenvalue weighted by molar-refractivity contribution is 6.42. The van der Waals surface area contributed by atoms with Gasteiger partial charge in [-0.1, -0.05) is 23.2 Å². The summed E-state index contributed by atoms with van der Waals surface area (Å²) in [5, 5.41) is 16.5. The molecule has 7 heteroatoms. The van der Waals surface area contributed by atoms with Gasteiger partial charge in [-0.3, -0.25) is 9.67 Å². The summed E-state index contributed by atoms with van der Waals surface area (Å²) in [6, 6.07) is 6.72. The molecule has 0 radical (unpaired) electrons. The molecule has 0 aliphatic carbocycles. The molecule has 0 amide bonds. The largest absolute Gasteiger partial charge is 0.496 e. The van der Waals surface area contributed by atoms with E-state index in [1.807, 2.05) is 0 Å². The highest BCUT2D eigenvalue weighted by Gasteiger charge is 2.40. The van der Waals surface area contributed by atoms with Crippen molar-refractivity contribution in [2.24, 2.45) is 7.05 Å². The van der Waals surface area contributed by atoms with Crippen molar-refractivity contribution in [3.05, 3.63) is 75.8 Å². The first-order chi connectivity index (χ1) is 11.5. The molecule has 0 spiro atoms. The first kappa shape index (κ1) is 16.8. The summed E-state index contributed by atoms with van der Waals surface area (Å²) in [6.45, 7) is 0. The zero-order valence-corrected chi connectivity index (χ0v) is 14.6. The van der Waals surface area contributed by atoms with E-state index in [9.17, 15) is 5.11 Å². The van der Waals surface area contributed by atoms with Crippen molar-refractivity contribution >= 4 is 23.2 Å². The van der Waals surface area contributed by atoms with Crippen LogP contribution in [0.3, 0.4) is 0 Å². The molecule has 0 bridgehead atoms. The molecular formula is C17H15Cl2N3O2. The van der Waals surface area contributed by atoms with Crippen LogP contribution in [0.25, 0.3) is 0 Å². The van der Waals surface area contributed by atoms with Gasteiger partial charge in [-0.25, -0.2) is 0 Å². The van der Waals surface area contributed by atoms with Crippen LogP contribution in [0, 0.1) is 0 Å². The monoisotopic (exact) mass is 363 g/mol. The average molecular weight is 364 g/mol. The number of aromatic nitrogens is 3. The van der Waals surface area contributed by atoms with E-state index in [0.717, 1.165) is 0 Å². The standard InChI is InChI=1S/C17H15Cl2N3O2/c1-22-10-12(9-21-22)17(23,11-5-7-20-8-6-11)15-14(24-2)4-3-13(18)16(15)19/h3-10,23H,1-2H3. The Morgan fingerprint density at radius 3 is 2.42 bits per heavy atom. The quantitative estimate of drug-likeness (QED) is 0.771. The Hall–Kier alpha value is -2.08. The number of hydrogen-bond acceptors (Lipinski definition) is 4. The van der Waals surface area contributed by atoms with Crippen molar-refractivity contribution in [2.75, 3.05) is 7.11 Å². The summed E-state index contributed by atoms with van der Waals surface area (Å²) in [7, 11) is 3.28. The van der Waals surface area contributed by atoms with Gasteiger partial charge in [0.05, 0.1) is 28.9 Å². The number of halogens is 2. The predicted octanol–water partition coefficient (Wildman–Crippen LogP) is 3.41. The maximum Gasteiger partial charge on any atom is 0.148 e. The number of benzene rings is 1. The Morgan fingerprint density at radius 2 is 1.83 bits per heavy atom. The van der Waals surface area contributed by atoms with Crippen molar-refractivity contribution in [1.29, 1.82) is 0 Å². The fourth-order valence-electron chi connectivity index (χ4n) is 2.70. The lowest BCUT2D eigenvalue weighted by Crippen LogP contribution is -2.29. The number of methoxy groups -OCH3 is 1. The molecule has 5 nitrogen and oxygen atoms in total. The average Bonchev–Trinajstić information content (AvgIpc) is 3.04. The van der Waals surface area contributed by atoms with Gasteiger partial charge in [0.1, 0.15) is 11.4 Å². The van der Waals surface area contributed by atoms with Crippen molar-refractivity contribution < 1.29 is 9.84 Å². The van der Waals surface area contributed by atoms with E-state index >= 15 is 0 Å². The topological polar surface area (TPSA) is 60.2 Å². The molecule has 1 aromatic carbocycles. The van der Waals surface area contributed by atoms with Crippen molar-refractivity contribution in [3.63, 3.8) is 0 Å². The zero-order chi connectivity index (χ0) is 17.3. The molecule has 1 unspecified atom stereocenters. The molecule has 0 aliphatic heterocycles. The van der Waals surface area contributed by atoms with Gasteiger partial charge in [0.15, 0.2) is 0 Å². The van der Waals surface area contributed by atoms with Crippen molar-refractivity contribution in [3.8, 4) is 5.75 Å². The number of rotatable bonds is 4. The number of aliphatic hydroxyl groups is 1. The maximum absolute atomic E-state index is 11.8. The number of aryl methyl sites for hydroxylation is 1. The van der Waals surface area contributed by atoms with Gasteiger partial charge in [0, 0.05) is 31.2 Å². The Bertz CT molecular complexity index is 868. The Kier molecular flexibility index (Phi) is 4.49. The molecule has 2 aromatic heterocycles. The molecule has 3 rings (SSSR count). The molecule has 0 fully saturated rings. The summed E-state index contributed by atoms with van der Waals surface area (Å²) in [4.78, 5) is 4.01. The van der Waals surface area contributed by atoms with Crippen molar-refractivity contribution in [2.45, 2.75) is 5.60 Å². The zero-order valence-electron chi connectivity index (χ0n) is 13.1. The lowest BCUT2D eigenvalue weighted by Gasteiger charge is -2.30. The van der Waals surface area contributed by atoms with E-state index in [0.29, 0.717) is 27.5 Å². The van der Waals surface area contributed by atoms with Gasteiger partial charge in [0.2, 0.25) is 0 Å². The predicted molar refractivity (Wildman–Crippen MR) is 92.6 cm³/mol. The van der Waals surface area contributed by atoms with Gasteiger partial charge < -0.3 is 9.84 Å². The van der Waals surface area contributed by atoms with E-state index in [1.165, 1.54) is 7.11 Å². The third kappa shape index (κ3) is 2.65. The molecule has 0 aliphatic rings. The lowest BCUT2D eigenvalue weighted by molar-refractivity contribution is 0.122. The molecule has 1 atom stereocenters. The van der Waals surface area contributed by atoms with Crippen LogP contribution >= 0.6 is 23.2 Å². The summed E-state index contributed by atoms with van der Waals surface area (Å²) in [5.41, 5.74) is -0.116. The Labute approximate surface area is 149 Å². The number of hydrogen-bond donors (Lipinski definition) is 1. The third-order valence-corrected chi connectivity index (χ3v) is 4.66. The number of ether oxygens (including phenoxy) is 1. The summed E-state index contributed by atoms with van der Waals surface area (Å²) in [6.07, 6.45) is 6.50. The van der Waals surface area contributed by atoms with Crippen LogP contribution in [0.1, 0.15) is 16.7 Å². The Balaban J connectivity index is 2.38. The van der Waals surface area contributed by atoms with Crippen LogP contribution in [-0.2, 0) is 12.6 Å². The van der Waals surface area contributed by atoms with Crippen LogP contribution in [0.4, 0.5) is 0 Å². The van der Waals surface area contributed by atoms with Gasteiger partial charge in [-0.15, -0.1) is 0 Å². The molecule has 1 N–H and O–H groups in total. The molecule has 0 saturated carbocycles. The first-order valence-corrected chi connectivity index (χ1v) is 7.88. The van der Waals surface area contributed by atoms with Crippen molar-refractivity contribution in [1.82, 2.24) is 14.8 Å². The minimum absolute atomic E-state index is 0.221. The van der Waals surface area contributed by atoms with E-state index in [2.05, 4.69) is 10.1 Å². The molecule has 124 valence electrons. The van der Waals surface area contributed by atoms with Gasteiger partial charge in [-0.05, 0) is 29.8 Å². The van der Waals surface area contributed by atoms with Crippen LogP contribution in [0.15, 0.2) is 49.1 Å². The molecular weight excluding hydrogens is 349 g/mol. The maximum atomic E-state index is 11.8. The first-order valence-electron chi connectivity index (χ1n) is 7.13. The van der Waals surface area contributed by atoms with Crippen LogP contribution in [0.5, 0.6) is 5.75 Å². The minimum Gasteiger partial charge on any atom is -0.496 e. The van der Waals surface area contributed by atoms with E-state index in [4.69, 9.17) is 27.9 Å². The molecule has 2 heterocycles. The second kappa shape index (κ2) is 6.43. The normalized spacial score (nSPS) is 13.5. The fourth-order valence-corrected chi connectivity index (χ4v) is 3.15. The molecule has 3 aromatic rings. The highest BCUT2D eigenvalue weighted by Crippen LogP contribution is 2.46. The second-order valence-corrected chi connectivity index (χ2v) is 6.07. The van der Waals surface area contributed by atoms with E-state index in [1.54, 1.807) is 60.8 Å². The fraction of sp³-hybridized carbons (Fsp3) is 0.176. The second-order valence-electron chi connectivity index (χ2n) is 5.29.